The van der Waals surface area contributed by atoms with Crippen molar-refractivity contribution in [2.75, 3.05) is 13.1 Å². The lowest BCUT2D eigenvalue weighted by molar-refractivity contribution is 0.0533. The average Bonchev–Trinajstić information content (AvgIpc) is 2.35. The molecule has 1 saturated heterocycles. The Balaban J connectivity index is 2.18. The van der Waals surface area contributed by atoms with Crippen LogP contribution in [0.5, 0.6) is 0 Å². The third-order valence-corrected chi connectivity index (χ3v) is 4.43. The van der Waals surface area contributed by atoms with Gasteiger partial charge in [-0.3, -0.25) is 4.79 Å². The first-order valence-electron chi connectivity index (χ1n) is 6.62. The topological polar surface area (TPSA) is 46.3 Å². The van der Waals surface area contributed by atoms with Crippen LogP contribution in [0.4, 0.5) is 0 Å². The minimum absolute atomic E-state index is 0.0324. The summed E-state index contributed by atoms with van der Waals surface area (Å²) >= 11 is 5.99. The Morgan fingerprint density at radius 3 is 2.74 bits per heavy atom. The van der Waals surface area contributed by atoms with E-state index >= 15 is 0 Å². The number of carbonyl (C=O) groups excluding carboxylic acids is 1. The zero-order valence-corrected chi connectivity index (χ0v) is 12.5. The van der Waals surface area contributed by atoms with E-state index < -0.39 is 0 Å². The van der Waals surface area contributed by atoms with Crippen LogP contribution in [-0.2, 0) is 0 Å². The van der Waals surface area contributed by atoms with Gasteiger partial charge in [-0.25, -0.2) is 0 Å². The molecule has 1 aromatic carbocycles. The number of nitrogens with zero attached hydrogens (tertiary/aromatic N) is 1. The quantitative estimate of drug-likeness (QED) is 0.860. The van der Waals surface area contributed by atoms with Crippen LogP contribution < -0.4 is 5.73 Å². The summed E-state index contributed by atoms with van der Waals surface area (Å²) in [4.78, 5) is 14.4. The predicted octanol–water partition coefficient (Wildman–Crippen LogP) is 2.85. The molecule has 1 atom stereocenters. The fourth-order valence-electron chi connectivity index (χ4n) is 2.51. The number of hydrogen-bond donors (Lipinski definition) is 1. The number of benzene rings is 1. The molecule has 0 aromatic heterocycles. The Hall–Kier alpha value is -1.06. The van der Waals surface area contributed by atoms with Gasteiger partial charge in [0.15, 0.2) is 0 Å². The largest absolute Gasteiger partial charge is 0.338 e. The molecule has 0 radical (unpaired) electrons. The molecule has 1 heterocycles. The maximum atomic E-state index is 12.5. The van der Waals surface area contributed by atoms with Gasteiger partial charge in [0.1, 0.15) is 0 Å². The SMILES string of the molecule is Cc1cc(C(=O)N2CCC(N)C(C)(C)C2)ccc1Cl. The Morgan fingerprint density at radius 1 is 1.47 bits per heavy atom. The number of aryl methyl sites for hydroxylation is 1. The summed E-state index contributed by atoms with van der Waals surface area (Å²) in [6.45, 7) is 7.57. The molecule has 0 aliphatic carbocycles. The van der Waals surface area contributed by atoms with Crippen molar-refractivity contribution in [2.24, 2.45) is 11.1 Å². The van der Waals surface area contributed by atoms with Gasteiger partial charge < -0.3 is 10.6 Å². The highest BCUT2D eigenvalue weighted by molar-refractivity contribution is 6.31. The lowest BCUT2D eigenvalue weighted by Crippen LogP contribution is -2.54. The zero-order chi connectivity index (χ0) is 14.2. The summed E-state index contributed by atoms with van der Waals surface area (Å²) < 4.78 is 0. The lowest BCUT2D eigenvalue weighted by atomic mass is 9.79. The summed E-state index contributed by atoms with van der Waals surface area (Å²) in [5, 5.41) is 0.692. The molecule has 104 valence electrons. The highest BCUT2D eigenvalue weighted by atomic mass is 35.5. The third kappa shape index (κ3) is 2.93. The van der Waals surface area contributed by atoms with Crippen molar-refractivity contribution >= 4 is 17.5 Å². The Labute approximate surface area is 119 Å². The van der Waals surface area contributed by atoms with Crippen molar-refractivity contribution < 1.29 is 4.79 Å². The average molecular weight is 281 g/mol. The number of hydrogen-bond acceptors (Lipinski definition) is 2. The first kappa shape index (κ1) is 14.4. The first-order chi connectivity index (χ1) is 8.81. The molecule has 1 unspecified atom stereocenters. The number of halogens is 1. The molecule has 1 fully saturated rings. The van der Waals surface area contributed by atoms with Gasteiger partial charge in [0.2, 0.25) is 0 Å². The van der Waals surface area contributed by atoms with E-state index in [1.54, 1.807) is 12.1 Å². The molecule has 1 aromatic rings. The molecule has 1 aliphatic rings. The Kier molecular flexibility index (Phi) is 3.88. The highest BCUT2D eigenvalue weighted by Gasteiger charge is 2.35. The second kappa shape index (κ2) is 5.14. The fraction of sp³-hybridized carbons (Fsp3) is 0.533. The van der Waals surface area contributed by atoms with Gasteiger partial charge in [0.05, 0.1) is 0 Å². The third-order valence-electron chi connectivity index (χ3n) is 4.00. The lowest BCUT2D eigenvalue weighted by Gasteiger charge is -2.42. The predicted molar refractivity (Wildman–Crippen MR) is 78.5 cm³/mol. The summed E-state index contributed by atoms with van der Waals surface area (Å²) in [5.41, 5.74) is 7.70. The smallest absolute Gasteiger partial charge is 0.253 e. The second-order valence-corrected chi connectivity index (χ2v) is 6.48. The van der Waals surface area contributed by atoms with Gasteiger partial charge in [-0.05, 0) is 42.5 Å². The zero-order valence-electron chi connectivity index (χ0n) is 11.7. The van der Waals surface area contributed by atoms with Crippen LogP contribution >= 0.6 is 11.6 Å². The van der Waals surface area contributed by atoms with Gasteiger partial charge >= 0.3 is 0 Å². The molecule has 2 rings (SSSR count). The number of nitrogens with two attached hydrogens (primary N) is 1. The standard InChI is InChI=1S/C15H21ClN2O/c1-10-8-11(4-5-12(10)16)14(19)18-7-6-13(17)15(2,3)9-18/h4-5,8,13H,6-7,9,17H2,1-3H3. The Bertz CT molecular complexity index is 499. The van der Waals surface area contributed by atoms with Crippen LogP contribution in [0.25, 0.3) is 0 Å². The molecule has 3 nitrogen and oxygen atoms in total. The Morgan fingerprint density at radius 2 is 2.16 bits per heavy atom. The van der Waals surface area contributed by atoms with Gasteiger partial charge in [0.25, 0.3) is 5.91 Å². The van der Waals surface area contributed by atoms with Crippen molar-refractivity contribution in [3.63, 3.8) is 0 Å². The summed E-state index contributed by atoms with van der Waals surface area (Å²) in [7, 11) is 0. The van der Waals surface area contributed by atoms with E-state index in [1.807, 2.05) is 17.9 Å². The minimum atomic E-state index is -0.0324. The molecule has 0 bridgehead atoms. The summed E-state index contributed by atoms with van der Waals surface area (Å²) in [6.07, 6.45) is 0.852. The van der Waals surface area contributed by atoms with E-state index in [-0.39, 0.29) is 17.4 Å². The summed E-state index contributed by atoms with van der Waals surface area (Å²) in [5.74, 6) is 0.0692. The normalized spacial score (nSPS) is 22.4. The molecular weight excluding hydrogens is 260 g/mol. The molecule has 4 heteroatoms. The summed E-state index contributed by atoms with van der Waals surface area (Å²) in [6, 6.07) is 5.58. The van der Waals surface area contributed by atoms with Crippen LogP contribution in [0.1, 0.15) is 36.2 Å². The van der Waals surface area contributed by atoms with Gasteiger partial charge in [-0.2, -0.15) is 0 Å². The number of piperidine rings is 1. The maximum absolute atomic E-state index is 12.5. The van der Waals surface area contributed by atoms with E-state index in [0.29, 0.717) is 17.1 Å². The highest BCUT2D eigenvalue weighted by Crippen LogP contribution is 2.29. The van der Waals surface area contributed by atoms with Crippen molar-refractivity contribution in [1.82, 2.24) is 4.90 Å². The molecular formula is C15H21ClN2O. The van der Waals surface area contributed by atoms with Crippen molar-refractivity contribution in [3.8, 4) is 0 Å². The molecule has 0 saturated carbocycles. The number of amides is 1. The molecule has 19 heavy (non-hydrogen) atoms. The van der Waals surface area contributed by atoms with E-state index in [1.165, 1.54) is 0 Å². The molecule has 0 spiro atoms. The molecule has 2 N–H and O–H groups in total. The number of rotatable bonds is 1. The van der Waals surface area contributed by atoms with E-state index in [2.05, 4.69) is 13.8 Å². The molecule has 1 aliphatic heterocycles. The van der Waals surface area contributed by atoms with E-state index in [9.17, 15) is 4.79 Å². The molecule has 1 amide bonds. The second-order valence-electron chi connectivity index (χ2n) is 6.07. The van der Waals surface area contributed by atoms with Crippen LogP contribution in [0.3, 0.4) is 0 Å². The van der Waals surface area contributed by atoms with Crippen molar-refractivity contribution in [1.29, 1.82) is 0 Å². The van der Waals surface area contributed by atoms with E-state index in [4.69, 9.17) is 17.3 Å². The van der Waals surface area contributed by atoms with E-state index in [0.717, 1.165) is 18.5 Å². The first-order valence-corrected chi connectivity index (χ1v) is 7.00. The van der Waals surface area contributed by atoms with Crippen molar-refractivity contribution in [2.45, 2.75) is 33.2 Å². The van der Waals surface area contributed by atoms with Gasteiger partial charge in [-0.1, -0.05) is 25.4 Å². The van der Waals surface area contributed by atoms with Crippen LogP contribution in [0.2, 0.25) is 5.02 Å². The number of likely N-dealkylation sites (tertiary alicyclic amines) is 1. The van der Waals surface area contributed by atoms with Gasteiger partial charge in [-0.15, -0.1) is 0 Å². The number of carbonyl (C=O) groups is 1. The van der Waals surface area contributed by atoms with Crippen LogP contribution in [0.15, 0.2) is 18.2 Å². The monoisotopic (exact) mass is 280 g/mol. The van der Waals surface area contributed by atoms with Crippen LogP contribution in [-0.4, -0.2) is 29.9 Å². The van der Waals surface area contributed by atoms with Gasteiger partial charge in [0, 0.05) is 29.7 Å². The van der Waals surface area contributed by atoms with Crippen molar-refractivity contribution in [3.05, 3.63) is 34.3 Å². The van der Waals surface area contributed by atoms with Crippen LogP contribution in [0, 0.1) is 12.3 Å². The fourth-order valence-corrected chi connectivity index (χ4v) is 2.63. The maximum Gasteiger partial charge on any atom is 0.253 e. The minimum Gasteiger partial charge on any atom is -0.338 e.